The summed E-state index contributed by atoms with van der Waals surface area (Å²) in [5.74, 6) is -0.197. The number of carbonyl (C=O) groups is 1. The predicted molar refractivity (Wildman–Crippen MR) is 146 cm³/mol. The number of nitrogens with zero attached hydrogens (tertiary/aromatic N) is 1. The Hall–Kier alpha value is -2.65. The van der Waals surface area contributed by atoms with Crippen molar-refractivity contribution >= 4 is 11.6 Å². The van der Waals surface area contributed by atoms with Crippen molar-refractivity contribution in [2.75, 3.05) is 44.8 Å². The molecule has 204 valence electrons. The normalized spacial score (nSPS) is 15.0. The molecule has 2 aromatic carbocycles. The number of unbranched alkanes of at least 4 members (excludes halogenated alkanes) is 3. The van der Waals surface area contributed by atoms with Crippen LogP contribution >= 0.6 is 0 Å². The van der Waals surface area contributed by atoms with Crippen LogP contribution in [0.5, 0.6) is 5.75 Å². The molecular weight excluding hydrogens is 470 g/mol. The van der Waals surface area contributed by atoms with Gasteiger partial charge in [0, 0.05) is 64.0 Å². The maximum absolute atomic E-state index is 11.3. The number of nitrogens with one attached hydrogen (secondary N) is 1. The Morgan fingerprint density at radius 1 is 1.14 bits per heavy atom. The van der Waals surface area contributed by atoms with Gasteiger partial charge in [0.05, 0.1) is 12.7 Å². The van der Waals surface area contributed by atoms with E-state index < -0.39 is 17.8 Å². The smallest absolute Gasteiger partial charge is 0.248 e. The van der Waals surface area contributed by atoms with Crippen LogP contribution in [0.1, 0.15) is 73.5 Å². The lowest BCUT2D eigenvalue weighted by molar-refractivity contribution is -0.180. The Morgan fingerprint density at radius 2 is 1.92 bits per heavy atom. The lowest BCUT2D eigenvalue weighted by Crippen LogP contribution is -2.35. The number of amides is 1. The van der Waals surface area contributed by atoms with Crippen molar-refractivity contribution in [1.29, 1.82) is 0 Å². The van der Waals surface area contributed by atoms with Gasteiger partial charge >= 0.3 is 0 Å². The molecule has 37 heavy (non-hydrogen) atoms. The van der Waals surface area contributed by atoms with E-state index >= 15 is 0 Å². The van der Waals surface area contributed by atoms with Gasteiger partial charge in [-0.3, -0.25) is 4.79 Å². The summed E-state index contributed by atoms with van der Waals surface area (Å²) in [6, 6.07) is 13.2. The number of ether oxygens (including phenoxy) is 3. The summed E-state index contributed by atoms with van der Waals surface area (Å²) in [5, 5.41) is 13.9. The van der Waals surface area contributed by atoms with Gasteiger partial charge in [0.15, 0.2) is 0 Å². The van der Waals surface area contributed by atoms with Crippen LogP contribution in [0.25, 0.3) is 0 Å². The average Bonchev–Trinajstić information content (AvgIpc) is 2.88. The molecule has 3 rings (SSSR count). The molecule has 0 bridgehead atoms. The van der Waals surface area contributed by atoms with Gasteiger partial charge in [-0.1, -0.05) is 25.0 Å². The van der Waals surface area contributed by atoms with E-state index in [1.807, 2.05) is 57.3 Å². The molecule has 1 aliphatic heterocycles. The van der Waals surface area contributed by atoms with Crippen molar-refractivity contribution in [3.05, 3.63) is 59.2 Å². The molecule has 0 fully saturated rings. The van der Waals surface area contributed by atoms with Crippen molar-refractivity contribution in [1.82, 2.24) is 5.32 Å². The quantitative estimate of drug-likeness (QED) is 0.290. The number of nitrogens with two attached hydrogens (primary N) is 1. The third-order valence-corrected chi connectivity index (χ3v) is 6.48. The van der Waals surface area contributed by atoms with Crippen LogP contribution < -0.4 is 20.7 Å². The fraction of sp³-hybridized carbons (Fsp3) is 0.552. The van der Waals surface area contributed by atoms with Gasteiger partial charge in [0.1, 0.15) is 5.75 Å². The Balaban J connectivity index is 1.17. The number of aliphatic hydroxyl groups excluding tert-OH is 1. The highest BCUT2D eigenvalue weighted by atomic mass is 16.7. The molecule has 0 saturated heterocycles. The minimum absolute atomic E-state index is 0.409. The Labute approximate surface area is 221 Å². The van der Waals surface area contributed by atoms with Gasteiger partial charge in [-0.2, -0.15) is 0 Å². The molecule has 1 atom stereocenters. The van der Waals surface area contributed by atoms with Gasteiger partial charge in [-0.25, -0.2) is 0 Å². The molecular formula is C29H43N3O5. The highest BCUT2D eigenvalue weighted by molar-refractivity contribution is 5.93. The van der Waals surface area contributed by atoms with Crippen LogP contribution in [0.2, 0.25) is 0 Å². The largest absolute Gasteiger partial charge is 0.463 e. The molecule has 0 aliphatic carbocycles. The number of primary amides is 1. The third kappa shape index (κ3) is 9.63. The summed E-state index contributed by atoms with van der Waals surface area (Å²) in [6.45, 7) is 8.03. The fourth-order valence-corrected chi connectivity index (χ4v) is 4.26. The number of benzene rings is 2. The number of rotatable bonds is 16. The van der Waals surface area contributed by atoms with Crippen molar-refractivity contribution in [2.24, 2.45) is 5.73 Å². The zero-order chi connectivity index (χ0) is 26.7. The summed E-state index contributed by atoms with van der Waals surface area (Å²) >= 11 is 0. The second-order valence-corrected chi connectivity index (χ2v) is 10.1. The molecule has 8 nitrogen and oxygen atoms in total. The van der Waals surface area contributed by atoms with E-state index in [9.17, 15) is 9.90 Å². The predicted octanol–water partition coefficient (Wildman–Crippen LogP) is 4.16. The monoisotopic (exact) mass is 513 g/mol. The summed E-state index contributed by atoms with van der Waals surface area (Å²) < 4.78 is 17.3. The molecule has 2 aromatic rings. The topological polar surface area (TPSA) is 106 Å². The average molecular weight is 514 g/mol. The molecule has 0 spiro atoms. The van der Waals surface area contributed by atoms with Gasteiger partial charge in [-0.05, 0) is 61.7 Å². The van der Waals surface area contributed by atoms with Crippen LogP contribution in [0.4, 0.5) is 5.69 Å². The minimum atomic E-state index is -0.611. The first-order valence-electron chi connectivity index (χ1n) is 13.3. The van der Waals surface area contributed by atoms with Gasteiger partial charge in [-0.15, -0.1) is 0 Å². The molecule has 0 saturated carbocycles. The van der Waals surface area contributed by atoms with Crippen molar-refractivity contribution in [3.63, 3.8) is 0 Å². The summed E-state index contributed by atoms with van der Waals surface area (Å²) in [6.07, 6.45) is 4.75. The van der Waals surface area contributed by atoms with Crippen LogP contribution in [-0.4, -0.2) is 56.7 Å². The number of hydrogen-bond acceptors (Lipinski definition) is 7. The van der Waals surface area contributed by atoms with Crippen molar-refractivity contribution in [2.45, 2.75) is 64.4 Å². The van der Waals surface area contributed by atoms with E-state index in [2.05, 4.69) is 10.2 Å². The van der Waals surface area contributed by atoms with Gasteiger partial charge in [0.2, 0.25) is 11.7 Å². The van der Waals surface area contributed by atoms with E-state index in [1.54, 1.807) is 6.07 Å². The second-order valence-electron chi connectivity index (χ2n) is 10.1. The third-order valence-electron chi connectivity index (χ3n) is 6.48. The summed E-state index contributed by atoms with van der Waals surface area (Å²) in [5.41, 5.74) is 8.71. The lowest BCUT2D eigenvalue weighted by Gasteiger charge is -2.33. The van der Waals surface area contributed by atoms with E-state index in [4.69, 9.17) is 19.9 Å². The Morgan fingerprint density at radius 3 is 2.73 bits per heavy atom. The Kier molecular flexibility index (Phi) is 11.2. The van der Waals surface area contributed by atoms with E-state index in [1.165, 1.54) is 0 Å². The van der Waals surface area contributed by atoms with Crippen LogP contribution in [0, 0.1) is 0 Å². The first-order valence-corrected chi connectivity index (χ1v) is 13.3. The molecule has 0 aromatic heterocycles. The van der Waals surface area contributed by atoms with Crippen LogP contribution in [0.3, 0.4) is 0 Å². The van der Waals surface area contributed by atoms with Crippen LogP contribution in [0.15, 0.2) is 42.5 Å². The molecule has 1 amide bonds. The van der Waals surface area contributed by atoms with Crippen LogP contribution in [-0.2, 0) is 16.1 Å². The first kappa shape index (κ1) is 28.9. The Bertz CT molecular complexity index is 997. The number of carbonyl (C=O) groups excluding carboxylic acids is 1. The molecule has 4 N–H and O–H groups in total. The first-order chi connectivity index (χ1) is 17.7. The minimum Gasteiger partial charge on any atom is -0.463 e. The van der Waals surface area contributed by atoms with Gasteiger partial charge in [0.25, 0.3) is 0 Å². The zero-order valence-electron chi connectivity index (χ0n) is 22.5. The van der Waals surface area contributed by atoms with E-state index in [0.717, 1.165) is 81.0 Å². The molecule has 8 heteroatoms. The lowest BCUT2D eigenvalue weighted by atomic mass is 10.0. The van der Waals surface area contributed by atoms with Crippen molar-refractivity contribution < 1.29 is 24.1 Å². The maximum Gasteiger partial charge on any atom is 0.248 e. The fourth-order valence-electron chi connectivity index (χ4n) is 4.26. The second kappa shape index (κ2) is 14.3. The number of hydrogen-bond donors (Lipinski definition) is 3. The van der Waals surface area contributed by atoms with E-state index in [0.29, 0.717) is 18.7 Å². The summed E-state index contributed by atoms with van der Waals surface area (Å²) in [7, 11) is 2.00. The van der Waals surface area contributed by atoms with Gasteiger partial charge < -0.3 is 35.3 Å². The zero-order valence-corrected chi connectivity index (χ0v) is 22.5. The van der Waals surface area contributed by atoms with Crippen molar-refractivity contribution in [3.8, 4) is 5.75 Å². The number of anilines is 1. The highest BCUT2D eigenvalue weighted by Crippen LogP contribution is 2.32. The molecule has 0 unspecified atom stereocenters. The summed E-state index contributed by atoms with van der Waals surface area (Å²) in [4.78, 5) is 13.4. The molecule has 1 heterocycles. The standard InChI is InChI=1S/C29H43N3O5/c1-29(2)36-21-24-18-22(12-13-27(24)37-29)26(33)20-31-14-6-4-5-7-16-35-17-9-15-32(3)25-11-8-10-23(19-25)28(30)34/h8,10-13,18-19,26,31,33H,4-7,9,14-17,20-21H2,1-3H3,(H2,30,34)/t26-/m0/s1. The highest BCUT2D eigenvalue weighted by Gasteiger charge is 2.27. The SMILES string of the molecule is CN(CCCOCCCCCCNC[C@H](O)c1ccc2c(c1)COC(C)(C)O2)c1cccc(C(N)=O)c1. The number of fused-ring (bicyclic) bond motifs is 1. The maximum atomic E-state index is 11.3. The molecule has 1 aliphatic rings. The molecule has 0 radical (unpaired) electrons. The number of aliphatic hydroxyl groups is 1. The van der Waals surface area contributed by atoms with E-state index in [-0.39, 0.29) is 0 Å².